The lowest BCUT2D eigenvalue weighted by atomic mass is 9.99. The Balaban J connectivity index is 1.37. The first-order valence-corrected chi connectivity index (χ1v) is 10.4. The van der Waals surface area contributed by atoms with E-state index >= 15 is 0 Å². The molecule has 0 radical (unpaired) electrons. The minimum atomic E-state index is -0.0101. The van der Waals surface area contributed by atoms with Gasteiger partial charge in [-0.1, -0.05) is 65.8 Å². The molecule has 5 aromatic rings. The van der Waals surface area contributed by atoms with Crippen molar-refractivity contribution in [2.24, 2.45) is 5.73 Å². The van der Waals surface area contributed by atoms with Crippen LogP contribution in [0, 0.1) is 0 Å². The van der Waals surface area contributed by atoms with E-state index in [-0.39, 0.29) is 5.92 Å². The molecule has 1 atom stereocenters. The van der Waals surface area contributed by atoms with Crippen molar-refractivity contribution in [3.8, 4) is 11.4 Å². The molecule has 5 rings (SSSR count). The van der Waals surface area contributed by atoms with Crippen LogP contribution in [0.15, 0.2) is 89.7 Å². The minimum Gasteiger partial charge on any atom is -0.339 e. The highest BCUT2D eigenvalue weighted by molar-refractivity contribution is 5.75. The van der Waals surface area contributed by atoms with Gasteiger partial charge in [-0.15, -0.1) is 0 Å². The van der Waals surface area contributed by atoms with E-state index in [4.69, 9.17) is 10.3 Å². The first kappa shape index (κ1) is 19.2. The highest BCUT2D eigenvalue weighted by atomic mass is 16.5. The average molecular weight is 409 g/mol. The normalized spacial score (nSPS) is 12.3. The fraction of sp³-hybridized carbons (Fsp3) is 0.160. The summed E-state index contributed by atoms with van der Waals surface area (Å²) in [4.78, 5) is 9.13. The first-order chi connectivity index (χ1) is 15.3. The van der Waals surface area contributed by atoms with Crippen LogP contribution in [0.4, 0.5) is 0 Å². The van der Waals surface area contributed by atoms with Crippen molar-refractivity contribution < 1.29 is 4.52 Å². The molecule has 0 aliphatic rings. The maximum atomic E-state index is 6.01. The predicted molar refractivity (Wildman–Crippen MR) is 121 cm³/mol. The van der Waals surface area contributed by atoms with Crippen LogP contribution in [-0.2, 0) is 13.0 Å². The van der Waals surface area contributed by atoms with E-state index in [0.717, 1.165) is 35.1 Å². The largest absolute Gasteiger partial charge is 0.339 e. The standard InChI is InChI=1S/C25H23N5O/c26-15-21(13-18-7-2-1-3-8-18)25-28-24(29-31-25)20-10-6-9-19(14-20)16-30-17-27-22-11-4-5-12-23(22)30/h1-12,14,17,21H,13,15-16,26H2. The van der Waals surface area contributed by atoms with Crippen molar-refractivity contribution >= 4 is 11.0 Å². The molecule has 0 amide bonds. The third-order valence-electron chi connectivity index (χ3n) is 5.47. The summed E-state index contributed by atoms with van der Waals surface area (Å²) in [6.45, 7) is 1.17. The molecular weight excluding hydrogens is 386 g/mol. The monoisotopic (exact) mass is 409 g/mol. The van der Waals surface area contributed by atoms with Gasteiger partial charge >= 0.3 is 0 Å². The summed E-state index contributed by atoms with van der Waals surface area (Å²) in [6.07, 6.45) is 2.64. The number of hydrogen-bond acceptors (Lipinski definition) is 5. The SMILES string of the molecule is NCC(Cc1ccccc1)c1nc(-c2cccc(Cn3cnc4ccccc43)c2)no1. The molecule has 2 aromatic heterocycles. The smallest absolute Gasteiger partial charge is 0.231 e. The van der Waals surface area contributed by atoms with Gasteiger partial charge in [-0.25, -0.2) is 4.98 Å². The molecular formula is C25H23N5O. The molecule has 154 valence electrons. The molecule has 0 bridgehead atoms. The summed E-state index contributed by atoms with van der Waals surface area (Å²) in [5.41, 5.74) is 11.4. The molecule has 0 spiro atoms. The van der Waals surface area contributed by atoms with Gasteiger partial charge in [0.15, 0.2) is 0 Å². The highest BCUT2D eigenvalue weighted by Gasteiger charge is 2.19. The number of aromatic nitrogens is 4. The second-order valence-electron chi connectivity index (χ2n) is 7.64. The van der Waals surface area contributed by atoms with Gasteiger partial charge in [0.2, 0.25) is 11.7 Å². The van der Waals surface area contributed by atoms with Crippen LogP contribution in [0.1, 0.15) is 22.9 Å². The number of nitrogens with two attached hydrogens (primary N) is 1. The summed E-state index contributed by atoms with van der Waals surface area (Å²) < 4.78 is 7.73. The van der Waals surface area contributed by atoms with Crippen molar-refractivity contribution in [2.75, 3.05) is 6.54 Å². The van der Waals surface area contributed by atoms with Gasteiger partial charge < -0.3 is 14.8 Å². The van der Waals surface area contributed by atoms with Crippen molar-refractivity contribution in [3.63, 3.8) is 0 Å². The Morgan fingerprint density at radius 3 is 2.58 bits per heavy atom. The number of imidazole rings is 1. The molecule has 31 heavy (non-hydrogen) atoms. The van der Waals surface area contributed by atoms with E-state index in [1.807, 2.05) is 54.9 Å². The van der Waals surface area contributed by atoms with E-state index in [2.05, 4.69) is 50.0 Å². The fourth-order valence-electron chi connectivity index (χ4n) is 3.83. The second kappa shape index (κ2) is 8.53. The number of hydrogen-bond donors (Lipinski definition) is 1. The van der Waals surface area contributed by atoms with E-state index in [9.17, 15) is 0 Å². The highest BCUT2D eigenvalue weighted by Crippen LogP contribution is 2.24. The third-order valence-corrected chi connectivity index (χ3v) is 5.47. The molecule has 0 saturated heterocycles. The second-order valence-corrected chi connectivity index (χ2v) is 7.64. The van der Waals surface area contributed by atoms with Gasteiger partial charge in [-0.2, -0.15) is 4.98 Å². The van der Waals surface area contributed by atoms with Gasteiger partial charge in [0.1, 0.15) is 0 Å². The maximum Gasteiger partial charge on any atom is 0.231 e. The Kier molecular flexibility index (Phi) is 5.29. The quantitative estimate of drug-likeness (QED) is 0.430. The Morgan fingerprint density at radius 2 is 1.71 bits per heavy atom. The Hall–Kier alpha value is -3.77. The van der Waals surface area contributed by atoms with E-state index < -0.39 is 0 Å². The zero-order chi connectivity index (χ0) is 21.0. The van der Waals surface area contributed by atoms with Crippen molar-refractivity contribution in [1.29, 1.82) is 0 Å². The Labute approximate surface area is 180 Å². The lowest BCUT2D eigenvalue weighted by Crippen LogP contribution is -2.15. The fourth-order valence-corrected chi connectivity index (χ4v) is 3.83. The van der Waals surface area contributed by atoms with E-state index in [0.29, 0.717) is 18.3 Å². The summed E-state index contributed by atoms with van der Waals surface area (Å²) in [7, 11) is 0. The number of fused-ring (bicyclic) bond motifs is 1. The van der Waals surface area contributed by atoms with Crippen LogP contribution >= 0.6 is 0 Å². The van der Waals surface area contributed by atoms with E-state index in [1.54, 1.807) is 0 Å². The number of rotatable bonds is 7. The topological polar surface area (TPSA) is 82.8 Å². The molecule has 2 N–H and O–H groups in total. The van der Waals surface area contributed by atoms with Crippen LogP contribution in [0.3, 0.4) is 0 Å². The van der Waals surface area contributed by atoms with Crippen LogP contribution < -0.4 is 5.73 Å². The zero-order valence-electron chi connectivity index (χ0n) is 17.1. The molecule has 2 heterocycles. The summed E-state index contributed by atoms with van der Waals surface area (Å²) in [5, 5.41) is 4.22. The minimum absolute atomic E-state index is 0.0101. The molecule has 6 nitrogen and oxygen atoms in total. The zero-order valence-corrected chi connectivity index (χ0v) is 17.1. The molecule has 0 aliphatic heterocycles. The Bertz CT molecular complexity index is 1290. The van der Waals surface area contributed by atoms with Gasteiger partial charge in [0, 0.05) is 18.7 Å². The summed E-state index contributed by atoms with van der Waals surface area (Å²) >= 11 is 0. The van der Waals surface area contributed by atoms with Crippen LogP contribution in [-0.4, -0.2) is 26.2 Å². The van der Waals surface area contributed by atoms with E-state index in [1.165, 1.54) is 5.56 Å². The van der Waals surface area contributed by atoms with Gasteiger partial charge in [0.25, 0.3) is 0 Å². The molecule has 3 aromatic carbocycles. The van der Waals surface area contributed by atoms with Crippen LogP contribution in [0.25, 0.3) is 22.4 Å². The van der Waals surface area contributed by atoms with Gasteiger partial charge in [-0.05, 0) is 35.7 Å². The molecule has 0 fully saturated rings. The summed E-state index contributed by atoms with van der Waals surface area (Å²) in [5.74, 6) is 1.15. The lowest BCUT2D eigenvalue weighted by molar-refractivity contribution is 0.354. The molecule has 1 unspecified atom stereocenters. The third kappa shape index (κ3) is 4.11. The Morgan fingerprint density at radius 1 is 0.903 bits per heavy atom. The lowest BCUT2D eigenvalue weighted by Gasteiger charge is -2.09. The van der Waals surface area contributed by atoms with Crippen molar-refractivity contribution in [1.82, 2.24) is 19.7 Å². The van der Waals surface area contributed by atoms with Crippen molar-refractivity contribution in [3.05, 3.63) is 102 Å². The van der Waals surface area contributed by atoms with Crippen LogP contribution in [0.2, 0.25) is 0 Å². The van der Waals surface area contributed by atoms with Gasteiger partial charge in [0.05, 0.1) is 23.3 Å². The number of benzene rings is 3. The maximum absolute atomic E-state index is 6.01. The van der Waals surface area contributed by atoms with Crippen LogP contribution in [0.5, 0.6) is 0 Å². The molecule has 0 saturated carbocycles. The first-order valence-electron chi connectivity index (χ1n) is 10.4. The predicted octanol–water partition coefficient (Wildman–Crippen LogP) is 4.42. The average Bonchev–Trinajstić information content (AvgIpc) is 3.47. The van der Waals surface area contributed by atoms with Crippen molar-refractivity contribution in [2.45, 2.75) is 18.9 Å². The molecule has 0 aliphatic carbocycles. The molecule has 6 heteroatoms. The van der Waals surface area contributed by atoms with Gasteiger partial charge in [-0.3, -0.25) is 0 Å². The summed E-state index contributed by atoms with van der Waals surface area (Å²) in [6, 6.07) is 26.6. The number of nitrogens with zero attached hydrogens (tertiary/aromatic N) is 4. The number of para-hydroxylation sites is 2.